The first-order chi connectivity index (χ1) is 8.11. The van der Waals surface area contributed by atoms with Gasteiger partial charge < -0.3 is 9.84 Å². The van der Waals surface area contributed by atoms with Crippen molar-refractivity contribution in [1.82, 2.24) is 4.90 Å². The van der Waals surface area contributed by atoms with Crippen LogP contribution in [0.5, 0.6) is 5.75 Å². The van der Waals surface area contributed by atoms with E-state index >= 15 is 0 Å². The Balaban J connectivity index is 2.55. The van der Waals surface area contributed by atoms with Crippen LogP contribution in [-0.2, 0) is 11.3 Å². The van der Waals surface area contributed by atoms with Crippen molar-refractivity contribution >= 4 is 5.97 Å². The third kappa shape index (κ3) is 5.36. The number of hydrogen-bond donors (Lipinski definition) is 1. The summed E-state index contributed by atoms with van der Waals surface area (Å²) in [6, 6.07) is 7.76. The first-order valence-electron chi connectivity index (χ1n) is 5.74. The van der Waals surface area contributed by atoms with E-state index in [1.54, 1.807) is 11.9 Å². The van der Waals surface area contributed by atoms with E-state index in [0.717, 1.165) is 17.7 Å². The predicted octanol–water partition coefficient (Wildman–Crippen LogP) is 1.99. The van der Waals surface area contributed by atoms with E-state index in [1.165, 1.54) is 0 Å². The zero-order valence-corrected chi connectivity index (χ0v) is 10.3. The second-order valence-electron chi connectivity index (χ2n) is 4.06. The maximum Gasteiger partial charge on any atom is 0.317 e. The summed E-state index contributed by atoms with van der Waals surface area (Å²) in [4.78, 5) is 12.3. The van der Waals surface area contributed by atoms with Crippen molar-refractivity contribution in [2.24, 2.45) is 0 Å². The first kappa shape index (κ1) is 13.5. The zero-order valence-electron chi connectivity index (χ0n) is 10.3. The average molecular weight is 237 g/mol. The topological polar surface area (TPSA) is 49.8 Å². The van der Waals surface area contributed by atoms with Crippen molar-refractivity contribution in [3.05, 3.63) is 29.8 Å². The molecule has 0 saturated carbocycles. The fourth-order valence-corrected chi connectivity index (χ4v) is 1.55. The molecule has 1 N–H and O–H groups in total. The van der Waals surface area contributed by atoms with Crippen molar-refractivity contribution in [3.8, 4) is 5.75 Å². The molecule has 0 fully saturated rings. The van der Waals surface area contributed by atoms with E-state index in [0.29, 0.717) is 13.2 Å². The number of nitrogens with zero attached hydrogens (tertiary/aromatic N) is 1. The van der Waals surface area contributed by atoms with Crippen LogP contribution in [0.15, 0.2) is 24.3 Å². The molecule has 0 aliphatic rings. The van der Waals surface area contributed by atoms with Crippen molar-refractivity contribution in [2.75, 3.05) is 20.2 Å². The Hall–Kier alpha value is -1.55. The van der Waals surface area contributed by atoms with Gasteiger partial charge in [-0.05, 0) is 31.2 Å². The van der Waals surface area contributed by atoms with Gasteiger partial charge in [-0.15, -0.1) is 0 Å². The zero-order chi connectivity index (χ0) is 12.7. The number of likely N-dealkylation sites (N-methyl/N-ethyl adjacent to an activating group) is 1. The van der Waals surface area contributed by atoms with Gasteiger partial charge in [-0.2, -0.15) is 0 Å². The van der Waals surface area contributed by atoms with Crippen LogP contribution in [0.2, 0.25) is 0 Å². The molecule has 94 valence electrons. The summed E-state index contributed by atoms with van der Waals surface area (Å²) < 4.78 is 5.52. The van der Waals surface area contributed by atoms with Gasteiger partial charge in [0.05, 0.1) is 13.2 Å². The van der Waals surface area contributed by atoms with Crippen molar-refractivity contribution < 1.29 is 14.6 Å². The number of hydrogen-bond acceptors (Lipinski definition) is 3. The fourth-order valence-electron chi connectivity index (χ4n) is 1.55. The van der Waals surface area contributed by atoms with E-state index in [4.69, 9.17) is 9.84 Å². The minimum atomic E-state index is -0.814. The Labute approximate surface area is 102 Å². The lowest BCUT2D eigenvalue weighted by Crippen LogP contribution is -2.25. The van der Waals surface area contributed by atoms with E-state index in [1.807, 2.05) is 24.3 Å². The van der Waals surface area contributed by atoms with Gasteiger partial charge in [0.1, 0.15) is 5.75 Å². The number of rotatable bonds is 7. The Bertz CT molecular complexity index is 365. The Morgan fingerprint density at radius 1 is 1.47 bits per heavy atom. The van der Waals surface area contributed by atoms with Gasteiger partial charge in [-0.3, -0.25) is 9.69 Å². The number of ether oxygens (including phenoxy) is 1. The van der Waals surface area contributed by atoms with Crippen LogP contribution in [0.4, 0.5) is 0 Å². The maximum absolute atomic E-state index is 10.5. The predicted molar refractivity (Wildman–Crippen MR) is 66.2 cm³/mol. The van der Waals surface area contributed by atoms with E-state index < -0.39 is 5.97 Å². The van der Waals surface area contributed by atoms with Crippen LogP contribution in [0.25, 0.3) is 0 Å². The van der Waals surface area contributed by atoms with E-state index in [9.17, 15) is 4.79 Å². The van der Waals surface area contributed by atoms with Crippen LogP contribution in [0.1, 0.15) is 18.9 Å². The SMILES string of the molecule is CCCOc1cccc(CN(C)CC(=O)O)c1. The highest BCUT2D eigenvalue weighted by atomic mass is 16.5. The van der Waals surface area contributed by atoms with Gasteiger partial charge in [0, 0.05) is 6.54 Å². The number of benzene rings is 1. The minimum absolute atomic E-state index is 0.0417. The van der Waals surface area contributed by atoms with E-state index in [2.05, 4.69) is 6.92 Å². The summed E-state index contributed by atoms with van der Waals surface area (Å²) in [5, 5.41) is 8.67. The molecular formula is C13H19NO3. The van der Waals surface area contributed by atoms with Crippen LogP contribution < -0.4 is 4.74 Å². The molecule has 17 heavy (non-hydrogen) atoms. The van der Waals surface area contributed by atoms with Gasteiger partial charge >= 0.3 is 5.97 Å². The first-order valence-corrected chi connectivity index (χ1v) is 5.74. The van der Waals surface area contributed by atoms with Crippen LogP contribution in [-0.4, -0.2) is 36.2 Å². The second-order valence-corrected chi connectivity index (χ2v) is 4.06. The number of aliphatic carboxylic acids is 1. The van der Waals surface area contributed by atoms with Crippen molar-refractivity contribution in [3.63, 3.8) is 0 Å². The lowest BCUT2D eigenvalue weighted by molar-refractivity contribution is -0.138. The van der Waals surface area contributed by atoms with Crippen molar-refractivity contribution in [1.29, 1.82) is 0 Å². The van der Waals surface area contributed by atoms with Gasteiger partial charge in [0.15, 0.2) is 0 Å². The highest BCUT2D eigenvalue weighted by Crippen LogP contribution is 2.14. The Kier molecular flexibility index (Phi) is 5.49. The maximum atomic E-state index is 10.5. The largest absolute Gasteiger partial charge is 0.494 e. The molecule has 0 aromatic heterocycles. The molecule has 1 rings (SSSR count). The molecule has 1 aromatic carbocycles. The molecule has 1 aromatic rings. The Morgan fingerprint density at radius 2 is 2.24 bits per heavy atom. The van der Waals surface area contributed by atoms with Gasteiger partial charge in [0.25, 0.3) is 0 Å². The molecule has 0 spiro atoms. The summed E-state index contributed by atoms with van der Waals surface area (Å²) in [7, 11) is 1.79. The highest BCUT2D eigenvalue weighted by molar-refractivity contribution is 5.69. The lowest BCUT2D eigenvalue weighted by atomic mass is 10.2. The third-order valence-electron chi connectivity index (χ3n) is 2.23. The minimum Gasteiger partial charge on any atom is -0.494 e. The van der Waals surface area contributed by atoms with Gasteiger partial charge in [-0.25, -0.2) is 0 Å². The molecule has 0 amide bonds. The summed E-state index contributed by atoms with van der Waals surface area (Å²) in [5.41, 5.74) is 1.06. The summed E-state index contributed by atoms with van der Waals surface area (Å²) in [6.07, 6.45) is 0.975. The molecular weight excluding hydrogens is 218 g/mol. The normalized spacial score (nSPS) is 10.5. The monoisotopic (exact) mass is 237 g/mol. The summed E-state index contributed by atoms with van der Waals surface area (Å²) in [5.74, 6) is 0.0268. The second kappa shape index (κ2) is 6.91. The lowest BCUT2D eigenvalue weighted by Gasteiger charge is -2.14. The molecule has 0 heterocycles. The highest BCUT2D eigenvalue weighted by Gasteiger charge is 2.05. The van der Waals surface area contributed by atoms with Crippen molar-refractivity contribution in [2.45, 2.75) is 19.9 Å². The molecule has 0 unspecified atom stereocenters. The molecule has 4 nitrogen and oxygen atoms in total. The van der Waals surface area contributed by atoms with Crippen LogP contribution in [0, 0.1) is 0 Å². The number of carboxylic acid groups (broad SMARTS) is 1. The van der Waals surface area contributed by atoms with Gasteiger partial charge in [-0.1, -0.05) is 19.1 Å². The Morgan fingerprint density at radius 3 is 2.88 bits per heavy atom. The molecule has 0 saturated heterocycles. The fraction of sp³-hybridized carbons (Fsp3) is 0.462. The average Bonchev–Trinajstić information content (AvgIpc) is 2.25. The van der Waals surface area contributed by atoms with Crippen LogP contribution >= 0.6 is 0 Å². The molecule has 4 heteroatoms. The van der Waals surface area contributed by atoms with E-state index in [-0.39, 0.29) is 6.54 Å². The smallest absolute Gasteiger partial charge is 0.317 e. The van der Waals surface area contributed by atoms with Gasteiger partial charge in [0.2, 0.25) is 0 Å². The molecule has 0 radical (unpaired) electrons. The molecule has 0 atom stereocenters. The molecule has 0 aliphatic carbocycles. The quantitative estimate of drug-likeness (QED) is 0.788. The van der Waals surface area contributed by atoms with Crippen LogP contribution in [0.3, 0.4) is 0 Å². The summed E-state index contributed by atoms with van der Waals surface area (Å²) in [6.45, 7) is 3.41. The molecule has 0 aliphatic heterocycles. The number of carboxylic acids is 1. The standard InChI is InChI=1S/C13H19NO3/c1-3-7-17-12-6-4-5-11(8-12)9-14(2)10-13(15)16/h4-6,8H,3,7,9-10H2,1-2H3,(H,15,16). The third-order valence-corrected chi connectivity index (χ3v) is 2.23. The molecule has 0 bridgehead atoms. The number of carbonyl (C=O) groups is 1. The summed E-state index contributed by atoms with van der Waals surface area (Å²) >= 11 is 0.